The highest BCUT2D eigenvalue weighted by molar-refractivity contribution is 6.12. The van der Waals surface area contributed by atoms with E-state index in [1.54, 1.807) is 64.2 Å². The van der Waals surface area contributed by atoms with Crippen molar-refractivity contribution >= 4 is 46.3 Å². The number of amides is 3. The number of aromatic amines is 1. The van der Waals surface area contributed by atoms with Crippen LogP contribution in [0.25, 0.3) is 11.0 Å². The number of alkyl carbamates (subject to hydrolysis) is 1. The standard InChI is InChI=1S/C39H47N7O7/c1-25-11-14-31(33(21-25)52-20-15-27(24-47)46-18-16-44(5)17-19-46)45(6)37(49)26-12-13-29(32(22-26)51-7)42-36(48)28-9-8-10-30-35(28)43-34(41-30)23-40-38(50)53-39(2,3)4/h8-14,21-22H,15-20,23H2,1-7H3,(H,40,50)(H,41,43)(H,42,48). The summed E-state index contributed by atoms with van der Waals surface area (Å²) in [6.07, 6.45) is -0.188. The summed E-state index contributed by atoms with van der Waals surface area (Å²) in [6.45, 7) is 10.9. The molecule has 3 N–H and O–H groups in total. The molecule has 3 aromatic carbocycles. The first-order chi connectivity index (χ1) is 25.3. The fourth-order valence-electron chi connectivity index (χ4n) is 5.86. The number of H-pyrrole nitrogens is 1. The molecule has 0 bridgehead atoms. The van der Waals surface area contributed by atoms with Crippen LogP contribution in [0.4, 0.5) is 16.2 Å². The van der Waals surface area contributed by atoms with Crippen LogP contribution in [0.1, 0.15) is 59.3 Å². The predicted octanol–water partition coefficient (Wildman–Crippen LogP) is 5.17. The number of nitrogens with one attached hydrogen (secondary N) is 3. The number of hydrogen-bond donors (Lipinski definition) is 3. The van der Waals surface area contributed by atoms with Gasteiger partial charge in [-0.25, -0.2) is 14.6 Å². The van der Waals surface area contributed by atoms with Crippen LogP contribution in [-0.4, -0.2) is 103 Å². The topological polar surface area (TPSA) is 158 Å². The second-order valence-corrected chi connectivity index (χ2v) is 13.9. The third-order valence-electron chi connectivity index (χ3n) is 8.68. The molecule has 1 aliphatic heterocycles. The van der Waals surface area contributed by atoms with Crippen molar-refractivity contribution in [1.29, 1.82) is 0 Å². The number of rotatable bonds is 12. The van der Waals surface area contributed by atoms with Gasteiger partial charge >= 0.3 is 6.09 Å². The van der Waals surface area contributed by atoms with Gasteiger partial charge in [-0.3, -0.25) is 9.59 Å². The van der Waals surface area contributed by atoms with Gasteiger partial charge < -0.3 is 44.5 Å². The van der Waals surface area contributed by atoms with Crippen molar-refractivity contribution in [3.05, 3.63) is 82.8 Å². The number of aryl methyl sites for hydroxylation is 1. The van der Waals surface area contributed by atoms with E-state index in [1.165, 1.54) is 12.0 Å². The molecule has 0 unspecified atom stereocenters. The third-order valence-corrected chi connectivity index (χ3v) is 8.68. The van der Waals surface area contributed by atoms with Crippen molar-refractivity contribution < 1.29 is 33.4 Å². The molecule has 1 aromatic heterocycles. The Morgan fingerprint density at radius 3 is 2.47 bits per heavy atom. The molecule has 2 heterocycles. The molecule has 1 fully saturated rings. The summed E-state index contributed by atoms with van der Waals surface area (Å²) >= 11 is 0. The molecule has 3 amide bonds. The zero-order valence-corrected chi connectivity index (χ0v) is 31.3. The number of aromatic nitrogens is 2. The maximum Gasteiger partial charge on any atom is 0.408 e. The molecule has 0 spiro atoms. The summed E-state index contributed by atoms with van der Waals surface area (Å²) in [5.41, 5.74) is 3.47. The Morgan fingerprint density at radius 1 is 1.02 bits per heavy atom. The van der Waals surface area contributed by atoms with E-state index in [9.17, 15) is 19.2 Å². The van der Waals surface area contributed by atoms with Crippen molar-refractivity contribution in [1.82, 2.24) is 25.1 Å². The predicted molar refractivity (Wildman–Crippen MR) is 202 cm³/mol. The van der Waals surface area contributed by atoms with Gasteiger partial charge in [-0.1, -0.05) is 12.1 Å². The first-order valence-corrected chi connectivity index (χ1v) is 17.4. The highest BCUT2D eigenvalue weighted by Gasteiger charge is 2.23. The Balaban J connectivity index is 1.26. The summed E-state index contributed by atoms with van der Waals surface area (Å²) in [5.74, 6) is 2.57. The molecule has 53 heavy (non-hydrogen) atoms. The number of carbonyl (C=O) groups is 3. The lowest BCUT2D eigenvalue weighted by molar-refractivity contribution is 0.0522. The fourth-order valence-corrected chi connectivity index (χ4v) is 5.86. The van der Waals surface area contributed by atoms with Gasteiger partial charge in [0.05, 0.1) is 42.7 Å². The van der Waals surface area contributed by atoms with Crippen LogP contribution in [0, 0.1) is 6.92 Å². The van der Waals surface area contributed by atoms with Gasteiger partial charge in [0.1, 0.15) is 40.1 Å². The van der Waals surface area contributed by atoms with E-state index < -0.39 is 17.6 Å². The number of nitrogens with zero attached hydrogens (tertiary/aromatic N) is 4. The number of carbonyl (C=O) groups excluding carboxylic acids is 4. The largest absolute Gasteiger partial charge is 0.495 e. The van der Waals surface area contributed by atoms with Crippen molar-refractivity contribution in [3.8, 4) is 11.5 Å². The number of imidazole rings is 1. The molecule has 14 nitrogen and oxygen atoms in total. The average Bonchev–Trinajstić information content (AvgIpc) is 3.55. The number of fused-ring (bicyclic) bond motifs is 1. The Hall–Kier alpha value is -5.85. The lowest BCUT2D eigenvalue weighted by atomic mass is 10.1. The van der Waals surface area contributed by atoms with Crippen LogP contribution in [0.3, 0.4) is 0 Å². The number of benzene rings is 3. The van der Waals surface area contributed by atoms with Gasteiger partial charge in [0.25, 0.3) is 11.8 Å². The second-order valence-electron chi connectivity index (χ2n) is 13.9. The van der Waals surface area contributed by atoms with Gasteiger partial charge in [-0.2, -0.15) is 0 Å². The lowest BCUT2D eigenvalue weighted by Gasteiger charge is -2.34. The van der Waals surface area contributed by atoms with Crippen molar-refractivity contribution in [2.75, 3.05) is 64.2 Å². The molecule has 280 valence electrons. The van der Waals surface area contributed by atoms with Crippen LogP contribution in [0.15, 0.2) is 60.3 Å². The lowest BCUT2D eigenvalue weighted by Crippen LogP contribution is -2.44. The highest BCUT2D eigenvalue weighted by Crippen LogP contribution is 2.32. The monoisotopic (exact) mass is 725 g/mol. The summed E-state index contributed by atoms with van der Waals surface area (Å²) in [6, 6.07) is 15.5. The van der Waals surface area contributed by atoms with Gasteiger partial charge in [0.15, 0.2) is 0 Å². The van der Waals surface area contributed by atoms with E-state index in [0.717, 1.165) is 31.7 Å². The Kier molecular flexibility index (Phi) is 12.1. The smallest absolute Gasteiger partial charge is 0.408 e. The maximum atomic E-state index is 13.8. The molecular weight excluding hydrogens is 678 g/mol. The van der Waals surface area contributed by atoms with E-state index in [4.69, 9.17) is 14.2 Å². The number of piperazine rings is 1. The molecule has 0 radical (unpaired) electrons. The Labute approximate surface area is 309 Å². The fraction of sp³-hybridized carbons (Fsp3) is 0.385. The Bertz CT molecular complexity index is 2020. The van der Waals surface area contributed by atoms with E-state index in [1.807, 2.05) is 30.0 Å². The van der Waals surface area contributed by atoms with Crippen LogP contribution < -0.4 is 25.0 Å². The molecule has 14 heteroatoms. The second kappa shape index (κ2) is 16.7. The number of anilines is 2. The number of likely N-dealkylation sites (N-methyl/N-ethyl adjacent to an activating group) is 1. The van der Waals surface area contributed by atoms with E-state index in [-0.39, 0.29) is 24.8 Å². The number of hydrogen-bond acceptors (Lipinski definition) is 10. The van der Waals surface area contributed by atoms with Crippen LogP contribution in [0.5, 0.6) is 11.5 Å². The molecule has 0 atom stereocenters. The number of ether oxygens (including phenoxy) is 3. The normalized spacial score (nSPS) is 13.2. The van der Waals surface area contributed by atoms with Crippen molar-refractivity contribution in [2.24, 2.45) is 0 Å². The Morgan fingerprint density at radius 2 is 1.77 bits per heavy atom. The average molecular weight is 726 g/mol. The van der Waals surface area contributed by atoms with Gasteiger partial charge in [-0.05, 0) is 82.8 Å². The van der Waals surface area contributed by atoms with Crippen LogP contribution >= 0.6 is 0 Å². The molecule has 0 aliphatic carbocycles. The summed E-state index contributed by atoms with van der Waals surface area (Å²) < 4.78 is 17.0. The summed E-state index contributed by atoms with van der Waals surface area (Å²) in [5, 5.41) is 5.53. The minimum Gasteiger partial charge on any atom is -0.495 e. The zero-order chi connectivity index (χ0) is 38.3. The minimum absolute atomic E-state index is 0.0774. The highest BCUT2D eigenvalue weighted by atomic mass is 16.6. The van der Waals surface area contributed by atoms with Crippen molar-refractivity contribution in [2.45, 2.75) is 46.3 Å². The molecule has 0 saturated carbocycles. The third kappa shape index (κ3) is 9.73. The van der Waals surface area contributed by atoms with E-state index >= 15 is 0 Å². The molecule has 5 rings (SSSR count). The van der Waals surface area contributed by atoms with Crippen molar-refractivity contribution in [3.63, 3.8) is 0 Å². The maximum absolute atomic E-state index is 13.8. The van der Waals surface area contributed by atoms with Gasteiger partial charge in [0, 0.05) is 45.2 Å². The molecule has 1 saturated heterocycles. The van der Waals surface area contributed by atoms with Crippen LogP contribution in [-0.2, 0) is 16.1 Å². The van der Waals surface area contributed by atoms with Gasteiger partial charge in [-0.15, -0.1) is 0 Å². The summed E-state index contributed by atoms with van der Waals surface area (Å²) in [4.78, 5) is 64.6. The van der Waals surface area contributed by atoms with Crippen LogP contribution in [0.2, 0.25) is 0 Å². The SMILES string of the molecule is COc1cc(C(=O)N(C)c2ccc(C)cc2OCCC(=C=O)N2CCN(C)CC2)ccc1NC(=O)c1cccc2[nH]c(CNC(=O)OC(C)(C)C)nc12. The summed E-state index contributed by atoms with van der Waals surface area (Å²) in [7, 11) is 5.17. The minimum atomic E-state index is -0.641. The van der Waals surface area contributed by atoms with E-state index in [2.05, 4.69) is 38.5 Å². The first kappa shape index (κ1) is 38.4. The first-order valence-electron chi connectivity index (χ1n) is 17.4. The molecule has 4 aromatic rings. The quantitative estimate of drug-likeness (QED) is 0.167. The zero-order valence-electron chi connectivity index (χ0n) is 31.3. The number of para-hydroxylation sites is 1. The number of methoxy groups -OCH3 is 1. The van der Waals surface area contributed by atoms with Gasteiger partial charge in [0.2, 0.25) is 0 Å². The molecule has 1 aliphatic rings. The molecular formula is C39H47N7O7. The van der Waals surface area contributed by atoms with E-state index in [0.29, 0.717) is 57.2 Å².